The molecule has 7 rings (SSSR count). The molecule has 5 aromatic rings. The second-order valence-electron chi connectivity index (χ2n) is 13.1. The summed E-state index contributed by atoms with van der Waals surface area (Å²) < 4.78 is 70.7. The van der Waals surface area contributed by atoms with Gasteiger partial charge in [-0.15, -0.1) is 0 Å². The molecule has 4 heterocycles. The van der Waals surface area contributed by atoms with Crippen LogP contribution in [-0.2, 0) is 22.7 Å². The van der Waals surface area contributed by atoms with Gasteiger partial charge in [-0.05, 0) is 94.4 Å². The van der Waals surface area contributed by atoms with Crippen LogP contribution in [0.25, 0.3) is 22.2 Å². The SMILES string of the molecule is Cc1nn(S(=O)(=O)C2CC2)c(C)c1-c1cc2cnc(Nc3ccc(C4CCCN(C)C4)cc3)nc2n(Cc2ccccc2C(F)(F)F)c1=O. The lowest BCUT2D eigenvalue weighted by atomic mass is 9.91. The number of likely N-dealkylation sites (N-methyl/N-ethyl adjacent to an activating group) is 1. The highest BCUT2D eigenvalue weighted by atomic mass is 32.2. The zero-order valence-corrected chi connectivity index (χ0v) is 28.1. The van der Waals surface area contributed by atoms with Crippen molar-refractivity contribution in [2.45, 2.75) is 63.4 Å². The predicted octanol–water partition coefficient (Wildman–Crippen LogP) is 6.23. The molecule has 10 nitrogen and oxygen atoms in total. The number of alkyl halides is 3. The second-order valence-corrected chi connectivity index (χ2v) is 15.1. The summed E-state index contributed by atoms with van der Waals surface area (Å²) in [6.45, 7) is 4.83. The maximum Gasteiger partial charge on any atom is 0.416 e. The van der Waals surface area contributed by atoms with E-state index in [-0.39, 0.29) is 28.4 Å². The fourth-order valence-corrected chi connectivity index (χ4v) is 8.54. The van der Waals surface area contributed by atoms with E-state index in [1.54, 1.807) is 19.9 Å². The fourth-order valence-electron chi connectivity index (χ4n) is 6.82. The zero-order valence-electron chi connectivity index (χ0n) is 27.3. The summed E-state index contributed by atoms with van der Waals surface area (Å²) in [5.74, 6) is 0.611. The van der Waals surface area contributed by atoms with Crippen molar-refractivity contribution in [3.63, 3.8) is 0 Å². The second kappa shape index (κ2) is 12.4. The van der Waals surface area contributed by atoms with E-state index >= 15 is 0 Å². The Morgan fingerprint density at radius 2 is 1.76 bits per heavy atom. The molecule has 1 atom stereocenters. The van der Waals surface area contributed by atoms with E-state index in [0.717, 1.165) is 41.8 Å². The molecule has 14 heteroatoms. The van der Waals surface area contributed by atoms with Crippen LogP contribution in [0.2, 0.25) is 0 Å². The Bertz CT molecular complexity index is 2230. The van der Waals surface area contributed by atoms with E-state index in [4.69, 9.17) is 0 Å². The number of pyridine rings is 1. The Morgan fingerprint density at radius 3 is 2.45 bits per heavy atom. The molecule has 1 unspecified atom stereocenters. The number of hydrogen-bond acceptors (Lipinski definition) is 8. The van der Waals surface area contributed by atoms with Gasteiger partial charge in [0, 0.05) is 29.4 Å². The molecule has 1 N–H and O–H groups in total. The molecule has 1 aliphatic carbocycles. The number of benzene rings is 2. The summed E-state index contributed by atoms with van der Waals surface area (Å²) in [6, 6.07) is 14.6. The van der Waals surface area contributed by atoms with Crippen LogP contribution in [0.1, 0.15) is 59.7 Å². The van der Waals surface area contributed by atoms with Crippen molar-refractivity contribution in [2.75, 3.05) is 25.5 Å². The quantitative estimate of drug-likeness (QED) is 0.204. The first-order valence-electron chi connectivity index (χ1n) is 16.2. The molecule has 0 spiro atoms. The van der Waals surface area contributed by atoms with Gasteiger partial charge in [0.2, 0.25) is 5.95 Å². The van der Waals surface area contributed by atoms with Crippen LogP contribution in [0.15, 0.2) is 65.6 Å². The lowest BCUT2D eigenvalue weighted by Crippen LogP contribution is -2.30. The number of nitrogens with one attached hydrogen (secondary N) is 1. The molecule has 2 fully saturated rings. The number of aryl methyl sites for hydroxylation is 1. The highest BCUT2D eigenvalue weighted by Gasteiger charge is 2.39. The smallest absolute Gasteiger partial charge is 0.324 e. The molecule has 1 saturated heterocycles. The molecule has 2 aromatic carbocycles. The largest absolute Gasteiger partial charge is 0.416 e. The number of hydrogen-bond donors (Lipinski definition) is 1. The third-order valence-corrected chi connectivity index (χ3v) is 11.6. The molecule has 0 bridgehead atoms. The van der Waals surface area contributed by atoms with Crippen LogP contribution < -0.4 is 10.9 Å². The number of likely N-dealkylation sites (tertiary alicyclic amines) is 1. The van der Waals surface area contributed by atoms with Crippen LogP contribution >= 0.6 is 0 Å². The van der Waals surface area contributed by atoms with Gasteiger partial charge in [-0.3, -0.25) is 9.36 Å². The number of rotatable bonds is 8. The van der Waals surface area contributed by atoms with Gasteiger partial charge in [-0.2, -0.15) is 27.3 Å². The highest BCUT2D eigenvalue weighted by Crippen LogP contribution is 2.35. The van der Waals surface area contributed by atoms with Crippen molar-refractivity contribution in [1.29, 1.82) is 0 Å². The summed E-state index contributed by atoms with van der Waals surface area (Å²) in [4.78, 5) is 25.8. The lowest BCUT2D eigenvalue weighted by Gasteiger charge is -2.30. The van der Waals surface area contributed by atoms with E-state index in [0.29, 0.717) is 35.4 Å². The van der Waals surface area contributed by atoms with Gasteiger partial charge in [-0.1, -0.05) is 30.3 Å². The minimum atomic E-state index is -4.65. The first-order valence-corrected chi connectivity index (χ1v) is 17.7. The molecular weight excluding hydrogens is 655 g/mol. The number of fused-ring (bicyclic) bond motifs is 1. The normalized spacial score (nSPS) is 17.5. The van der Waals surface area contributed by atoms with Crippen LogP contribution in [0.4, 0.5) is 24.8 Å². The molecule has 1 aliphatic heterocycles. The molecule has 0 amide bonds. The van der Waals surface area contributed by atoms with Crippen molar-refractivity contribution in [2.24, 2.45) is 0 Å². The van der Waals surface area contributed by atoms with Gasteiger partial charge in [0.05, 0.1) is 34.3 Å². The number of aromatic nitrogens is 5. The minimum Gasteiger partial charge on any atom is -0.324 e. The number of halogens is 3. The molecular formula is C35H36F3N7O3S. The van der Waals surface area contributed by atoms with E-state index < -0.39 is 39.1 Å². The predicted molar refractivity (Wildman–Crippen MR) is 182 cm³/mol. The summed E-state index contributed by atoms with van der Waals surface area (Å²) in [5, 5.41) is 7.32. The highest BCUT2D eigenvalue weighted by molar-refractivity contribution is 7.90. The fraction of sp³-hybridized carbons (Fsp3) is 0.371. The van der Waals surface area contributed by atoms with E-state index in [9.17, 15) is 26.4 Å². The van der Waals surface area contributed by atoms with E-state index in [2.05, 4.69) is 44.5 Å². The maximum absolute atomic E-state index is 14.3. The maximum atomic E-state index is 14.3. The summed E-state index contributed by atoms with van der Waals surface area (Å²) in [6.07, 6.45) is 0.185. The molecule has 49 heavy (non-hydrogen) atoms. The standard InChI is InChI=1S/C35H36F3N7O3S/c1-21-31(22(2)45(42-21)49(47,48)28-14-15-28)29-17-26-18-39-34(40-27-12-10-23(11-13-27)24-8-6-16-43(3)19-24)41-32(26)44(33(29)46)20-25-7-4-5-9-30(25)35(36,37)38/h4-5,7,9-13,17-18,24,28H,6,8,14-16,19-20H2,1-3H3,(H,39,40,41). The first-order chi connectivity index (χ1) is 23.3. The Kier molecular flexibility index (Phi) is 8.34. The van der Waals surface area contributed by atoms with Crippen molar-refractivity contribution in [1.82, 2.24) is 28.6 Å². The van der Waals surface area contributed by atoms with Crippen LogP contribution in [0, 0.1) is 13.8 Å². The topological polar surface area (TPSA) is 115 Å². The molecule has 256 valence electrons. The van der Waals surface area contributed by atoms with Crippen molar-refractivity contribution < 1.29 is 21.6 Å². The van der Waals surface area contributed by atoms with Gasteiger partial charge in [0.25, 0.3) is 15.6 Å². The molecule has 2 aliphatic rings. The summed E-state index contributed by atoms with van der Waals surface area (Å²) >= 11 is 0. The first kappa shape index (κ1) is 33.0. The Morgan fingerprint density at radius 1 is 1.02 bits per heavy atom. The van der Waals surface area contributed by atoms with Crippen LogP contribution in [0.5, 0.6) is 0 Å². The van der Waals surface area contributed by atoms with Gasteiger partial charge in [0.1, 0.15) is 5.65 Å². The Balaban J connectivity index is 1.32. The van der Waals surface area contributed by atoms with Gasteiger partial charge < -0.3 is 10.2 Å². The molecule has 0 radical (unpaired) electrons. The van der Waals surface area contributed by atoms with Gasteiger partial charge in [-0.25, -0.2) is 13.4 Å². The number of nitrogens with zero attached hydrogens (tertiary/aromatic N) is 6. The average molecular weight is 692 g/mol. The van der Waals surface area contributed by atoms with Crippen molar-refractivity contribution in [3.05, 3.63) is 99.2 Å². The lowest BCUT2D eigenvalue weighted by molar-refractivity contribution is -0.138. The Labute approximate surface area is 281 Å². The molecule has 1 saturated carbocycles. The minimum absolute atomic E-state index is 0.0949. The van der Waals surface area contributed by atoms with Crippen LogP contribution in [0.3, 0.4) is 0 Å². The van der Waals surface area contributed by atoms with E-state index in [1.165, 1.54) is 34.5 Å². The average Bonchev–Trinajstić information content (AvgIpc) is 3.88. The monoisotopic (exact) mass is 691 g/mol. The third kappa shape index (κ3) is 6.34. The zero-order chi connectivity index (χ0) is 34.7. The van der Waals surface area contributed by atoms with Gasteiger partial charge >= 0.3 is 6.18 Å². The Hall–Kier alpha value is -4.56. The summed E-state index contributed by atoms with van der Waals surface area (Å²) in [7, 11) is -1.63. The summed E-state index contributed by atoms with van der Waals surface area (Å²) in [5.41, 5.74) is 1.42. The molecule has 3 aromatic heterocycles. The van der Waals surface area contributed by atoms with Gasteiger partial charge in [0.15, 0.2) is 0 Å². The number of piperidine rings is 1. The van der Waals surface area contributed by atoms with Crippen LogP contribution in [-0.4, -0.2) is 62.4 Å². The number of anilines is 2. The third-order valence-electron chi connectivity index (χ3n) is 9.45. The van der Waals surface area contributed by atoms with E-state index in [1.807, 2.05) is 12.1 Å². The van der Waals surface area contributed by atoms with Crippen molar-refractivity contribution in [3.8, 4) is 11.1 Å². The van der Waals surface area contributed by atoms with Crippen molar-refractivity contribution >= 4 is 32.7 Å².